The van der Waals surface area contributed by atoms with Crippen LogP contribution in [0.4, 0.5) is 0 Å². The number of aliphatic hydroxyl groups is 1. The molecule has 2 heteroatoms. The fourth-order valence-electron chi connectivity index (χ4n) is 1.25. The van der Waals surface area contributed by atoms with Crippen molar-refractivity contribution < 1.29 is 5.11 Å². The van der Waals surface area contributed by atoms with Crippen molar-refractivity contribution in [3.8, 4) is 0 Å². The molecule has 0 amide bonds. The fraction of sp³-hybridized carbons (Fsp3) is 0.455. The molecule has 0 unspecified atom stereocenters. The molecule has 0 aliphatic heterocycles. The van der Waals surface area contributed by atoms with E-state index >= 15 is 0 Å². The van der Waals surface area contributed by atoms with Gasteiger partial charge in [0.1, 0.15) is 0 Å². The summed E-state index contributed by atoms with van der Waals surface area (Å²) in [6.07, 6.45) is -0.498. The number of hydrogen-bond donors (Lipinski definition) is 2. The molecular weight excluding hydrogens is 162 g/mol. The van der Waals surface area contributed by atoms with Crippen LogP contribution in [-0.2, 0) is 0 Å². The summed E-state index contributed by atoms with van der Waals surface area (Å²) in [5.74, 6) is 0. The molecule has 0 aliphatic carbocycles. The third-order valence-electron chi connectivity index (χ3n) is 2.44. The van der Waals surface area contributed by atoms with Gasteiger partial charge in [-0.05, 0) is 37.5 Å². The summed E-state index contributed by atoms with van der Waals surface area (Å²) in [5, 5.41) is 9.31. The van der Waals surface area contributed by atoms with E-state index in [0.29, 0.717) is 0 Å². The van der Waals surface area contributed by atoms with Crippen LogP contribution in [0.25, 0.3) is 0 Å². The number of benzene rings is 1. The molecule has 0 fully saturated rings. The normalized spacial score (nSPS) is 15.5. The standard InChI is InChI=1S/C11H17NO/c1-7-4-5-10(6-8(7)2)11(12)9(3)13/h4-6,9,11,13H,12H2,1-3H3/t9-,11-/m0/s1. The molecule has 0 saturated heterocycles. The molecule has 0 radical (unpaired) electrons. The molecule has 0 spiro atoms. The van der Waals surface area contributed by atoms with Gasteiger partial charge in [-0.25, -0.2) is 0 Å². The van der Waals surface area contributed by atoms with E-state index in [1.807, 2.05) is 25.1 Å². The summed E-state index contributed by atoms with van der Waals surface area (Å²) in [6.45, 7) is 5.82. The summed E-state index contributed by atoms with van der Waals surface area (Å²) in [7, 11) is 0. The summed E-state index contributed by atoms with van der Waals surface area (Å²) in [6, 6.07) is 5.76. The lowest BCUT2D eigenvalue weighted by molar-refractivity contribution is 0.164. The van der Waals surface area contributed by atoms with Crippen molar-refractivity contribution in [3.63, 3.8) is 0 Å². The minimum absolute atomic E-state index is 0.278. The van der Waals surface area contributed by atoms with Crippen molar-refractivity contribution in [1.29, 1.82) is 0 Å². The van der Waals surface area contributed by atoms with Crippen molar-refractivity contribution in [2.75, 3.05) is 0 Å². The van der Waals surface area contributed by atoms with Crippen molar-refractivity contribution in [2.45, 2.75) is 32.9 Å². The van der Waals surface area contributed by atoms with Gasteiger partial charge in [-0.2, -0.15) is 0 Å². The van der Waals surface area contributed by atoms with Gasteiger partial charge in [-0.15, -0.1) is 0 Å². The van der Waals surface area contributed by atoms with Crippen LogP contribution in [0.3, 0.4) is 0 Å². The third-order valence-corrected chi connectivity index (χ3v) is 2.44. The van der Waals surface area contributed by atoms with E-state index in [9.17, 15) is 5.11 Å². The Kier molecular flexibility index (Phi) is 3.07. The summed E-state index contributed by atoms with van der Waals surface area (Å²) >= 11 is 0. The van der Waals surface area contributed by atoms with E-state index in [1.165, 1.54) is 11.1 Å². The highest BCUT2D eigenvalue weighted by Crippen LogP contribution is 2.17. The highest BCUT2D eigenvalue weighted by molar-refractivity contribution is 5.31. The Labute approximate surface area is 79.4 Å². The van der Waals surface area contributed by atoms with Crippen LogP contribution in [0, 0.1) is 13.8 Å². The largest absolute Gasteiger partial charge is 0.391 e. The second-order valence-corrected chi connectivity index (χ2v) is 3.61. The van der Waals surface area contributed by atoms with E-state index in [4.69, 9.17) is 5.73 Å². The molecule has 3 N–H and O–H groups in total. The summed E-state index contributed by atoms with van der Waals surface area (Å²) in [4.78, 5) is 0. The maximum absolute atomic E-state index is 9.31. The molecule has 0 bridgehead atoms. The number of aliphatic hydroxyl groups excluding tert-OH is 1. The van der Waals surface area contributed by atoms with Crippen LogP contribution in [0.2, 0.25) is 0 Å². The molecule has 72 valence electrons. The maximum Gasteiger partial charge on any atom is 0.0704 e. The predicted octanol–water partition coefficient (Wildman–Crippen LogP) is 1.68. The number of rotatable bonds is 2. The van der Waals surface area contributed by atoms with Gasteiger partial charge in [0, 0.05) is 0 Å². The molecule has 2 atom stereocenters. The Morgan fingerprint density at radius 2 is 1.85 bits per heavy atom. The molecule has 13 heavy (non-hydrogen) atoms. The summed E-state index contributed by atoms with van der Waals surface area (Å²) < 4.78 is 0. The summed E-state index contributed by atoms with van der Waals surface area (Å²) in [5.41, 5.74) is 9.27. The zero-order valence-corrected chi connectivity index (χ0v) is 8.41. The first-order chi connectivity index (χ1) is 6.02. The van der Waals surface area contributed by atoms with Crippen LogP contribution < -0.4 is 5.73 Å². The third kappa shape index (κ3) is 2.29. The van der Waals surface area contributed by atoms with Crippen LogP contribution >= 0.6 is 0 Å². The van der Waals surface area contributed by atoms with E-state index < -0.39 is 6.10 Å². The van der Waals surface area contributed by atoms with Gasteiger partial charge in [0.25, 0.3) is 0 Å². The lowest BCUT2D eigenvalue weighted by Gasteiger charge is -2.16. The van der Waals surface area contributed by atoms with Crippen LogP contribution in [0.15, 0.2) is 18.2 Å². The minimum atomic E-state index is -0.498. The lowest BCUT2D eigenvalue weighted by atomic mass is 9.99. The zero-order valence-electron chi connectivity index (χ0n) is 8.41. The van der Waals surface area contributed by atoms with Gasteiger partial charge in [0.15, 0.2) is 0 Å². The number of hydrogen-bond acceptors (Lipinski definition) is 2. The molecule has 0 heterocycles. The molecule has 0 aliphatic rings. The Bertz CT molecular complexity index is 294. The maximum atomic E-state index is 9.31. The number of nitrogens with two attached hydrogens (primary N) is 1. The van der Waals surface area contributed by atoms with Crippen molar-refractivity contribution in [2.24, 2.45) is 5.73 Å². The molecule has 0 aromatic heterocycles. The predicted molar refractivity (Wildman–Crippen MR) is 54.5 cm³/mol. The second kappa shape index (κ2) is 3.90. The van der Waals surface area contributed by atoms with Crippen molar-refractivity contribution in [1.82, 2.24) is 0 Å². The van der Waals surface area contributed by atoms with Gasteiger partial charge in [0.05, 0.1) is 12.1 Å². The minimum Gasteiger partial charge on any atom is -0.391 e. The molecular formula is C11H17NO. The second-order valence-electron chi connectivity index (χ2n) is 3.61. The monoisotopic (exact) mass is 179 g/mol. The van der Waals surface area contributed by atoms with Gasteiger partial charge >= 0.3 is 0 Å². The Balaban J connectivity index is 2.97. The average Bonchev–Trinajstić information content (AvgIpc) is 2.08. The quantitative estimate of drug-likeness (QED) is 0.725. The highest BCUT2D eigenvalue weighted by Gasteiger charge is 2.11. The van der Waals surface area contributed by atoms with Crippen LogP contribution in [0.5, 0.6) is 0 Å². The zero-order chi connectivity index (χ0) is 10.0. The Hall–Kier alpha value is -0.860. The topological polar surface area (TPSA) is 46.2 Å². The van der Waals surface area contributed by atoms with Gasteiger partial charge in [-0.3, -0.25) is 0 Å². The fourth-order valence-corrected chi connectivity index (χ4v) is 1.25. The molecule has 1 rings (SSSR count). The van der Waals surface area contributed by atoms with E-state index in [-0.39, 0.29) is 6.04 Å². The van der Waals surface area contributed by atoms with Crippen molar-refractivity contribution in [3.05, 3.63) is 34.9 Å². The lowest BCUT2D eigenvalue weighted by Crippen LogP contribution is -2.23. The smallest absolute Gasteiger partial charge is 0.0704 e. The van der Waals surface area contributed by atoms with Gasteiger partial charge in [0.2, 0.25) is 0 Å². The van der Waals surface area contributed by atoms with Crippen LogP contribution in [0.1, 0.15) is 29.7 Å². The van der Waals surface area contributed by atoms with Crippen molar-refractivity contribution >= 4 is 0 Å². The molecule has 0 saturated carbocycles. The SMILES string of the molecule is Cc1ccc([C@@H](N)[C@H](C)O)cc1C. The van der Waals surface area contributed by atoms with Gasteiger partial charge in [-0.1, -0.05) is 18.2 Å². The highest BCUT2D eigenvalue weighted by atomic mass is 16.3. The van der Waals surface area contributed by atoms with E-state index in [0.717, 1.165) is 5.56 Å². The first kappa shape index (κ1) is 10.2. The average molecular weight is 179 g/mol. The van der Waals surface area contributed by atoms with E-state index in [2.05, 4.69) is 6.92 Å². The van der Waals surface area contributed by atoms with E-state index in [1.54, 1.807) is 6.92 Å². The Morgan fingerprint density at radius 1 is 1.23 bits per heavy atom. The molecule has 1 aromatic rings. The van der Waals surface area contributed by atoms with Crippen LogP contribution in [-0.4, -0.2) is 11.2 Å². The Morgan fingerprint density at radius 3 is 2.31 bits per heavy atom. The number of aryl methyl sites for hydroxylation is 2. The first-order valence-corrected chi connectivity index (χ1v) is 4.53. The molecule has 1 aromatic carbocycles. The molecule has 2 nitrogen and oxygen atoms in total. The first-order valence-electron chi connectivity index (χ1n) is 4.53. The van der Waals surface area contributed by atoms with Gasteiger partial charge < -0.3 is 10.8 Å².